The second kappa shape index (κ2) is 5.88. The van der Waals surface area contributed by atoms with Gasteiger partial charge in [-0.15, -0.1) is 0 Å². The number of carbonyl (C=O) groups is 1. The molecule has 3 rings (SSSR count). The van der Waals surface area contributed by atoms with Gasteiger partial charge in [0.1, 0.15) is 11.6 Å². The van der Waals surface area contributed by atoms with Crippen molar-refractivity contribution in [3.63, 3.8) is 0 Å². The van der Waals surface area contributed by atoms with Gasteiger partial charge in [0.15, 0.2) is 6.10 Å². The minimum atomic E-state index is -0.586. The third kappa shape index (κ3) is 2.72. The van der Waals surface area contributed by atoms with Gasteiger partial charge in [0, 0.05) is 5.56 Å². The number of benzene rings is 2. The number of rotatable bonds is 3. The van der Waals surface area contributed by atoms with Crippen LogP contribution in [-0.4, -0.2) is 11.6 Å². The molecule has 1 amide bonds. The van der Waals surface area contributed by atoms with Crippen molar-refractivity contribution in [3.8, 4) is 0 Å². The topological polar surface area (TPSA) is 64.7 Å². The molecule has 0 radical (unpaired) electrons. The Bertz CT molecular complexity index is 758. The zero-order chi connectivity index (χ0) is 16.6. The van der Waals surface area contributed by atoms with Crippen molar-refractivity contribution in [2.45, 2.75) is 26.9 Å². The van der Waals surface area contributed by atoms with E-state index in [-0.39, 0.29) is 0 Å². The Kier molecular flexibility index (Phi) is 3.90. The van der Waals surface area contributed by atoms with E-state index in [4.69, 9.17) is 10.6 Å². The Morgan fingerprint density at radius 2 is 1.70 bits per heavy atom. The summed E-state index contributed by atoms with van der Waals surface area (Å²) in [5.41, 5.74) is 11.5. The largest absolute Gasteiger partial charge is 0.386 e. The fourth-order valence-corrected chi connectivity index (χ4v) is 3.34. The van der Waals surface area contributed by atoms with Crippen molar-refractivity contribution >= 4 is 11.6 Å². The van der Waals surface area contributed by atoms with E-state index in [0.29, 0.717) is 5.71 Å². The van der Waals surface area contributed by atoms with Crippen LogP contribution in [0.25, 0.3) is 0 Å². The Labute approximate surface area is 136 Å². The van der Waals surface area contributed by atoms with Crippen LogP contribution in [0.5, 0.6) is 0 Å². The number of carbonyl (C=O) groups excluding carboxylic acids is 1. The summed E-state index contributed by atoms with van der Waals surface area (Å²) in [7, 11) is 0. The van der Waals surface area contributed by atoms with Crippen molar-refractivity contribution in [2.75, 3.05) is 0 Å². The fraction of sp³-hybridized carbons (Fsp3) is 0.263. The Hall–Kier alpha value is -2.62. The lowest BCUT2D eigenvalue weighted by molar-refractivity contribution is -0.122. The van der Waals surface area contributed by atoms with E-state index in [9.17, 15) is 4.79 Å². The number of nitrogens with two attached hydrogens (primary N) is 1. The molecule has 1 heterocycles. The number of primary amides is 1. The SMILES string of the molecule is Cc1cc(C)c(C2=NO[C@@H](c3ccccc3)[C@@H]2C(N)=O)c(C)c1. The molecule has 0 spiro atoms. The monoisotopic (exact) mass is 308 g/mol. The summed E-state index contributed by atoms with van der Waals surface area (Å²) in [6.45, 7) is 6.09. The van der Waals surface area contributed by atoms with Gasteiger partial charge in [-0.2, -0.15) is 0 Å². The van der Waals surface area contributed by atoms with E-state index in [1.165, 1.54) is 5.56 Å². The minimum absolute atomic E-state index is 0.422. The van der Waals surface area contributed by atoms with Crippen LogP contribution in [0, 0.1) is 26.7 Å². The molecule has 1 aliphatic heterocycles. The molecule has 2 aromatic rings. The molecule has 118 valence electrons. The van der Waals surface area contributed by atoms with Crippen LogP contribution in [0.1, 0.15) is 33.9 Å². The molecule has 0 bridgehead atoms. The van der Waals surface area contributed by atoms with Crippen LogP contribution >= 0.6 is 0 Å². The molecule has 0 unspecified atom stereocenters. The second-order valence-electron chi connectivity index (χ2n) is 6.07. The lowest BCUT2D eigenvalue weighted by Gasteiger charge is -2.18. The van der Waals surface area contributed by atoms with Crippen LogP contribution in [0.3, 0.4) is 0 Å². The molecule has 4 nitrogen and oxygen atoms in total. The van der Waals surface area contributed by atoms with E-state index in [1.807, 2.05) is 44.2 Å². The van der Waals surface area contributed by atoms with E-state index in [2.05, 4.69) is 24.2 Å². The van der Waals surface area contributed by atoms with Gasteiger partial charge < -0.3 is 10.6 Å². The predicted octanol–water partition coefficient (Wildman–Crippen LogP) is 3.19. The van der Waals surface area contributed by atoms with Crippen LogP contribution in [0.4, 0.5) is 0 Å². The van der Waals surface area contributed by atoms with Crippen molar-refractivity contribution < 1.29 is 9.63 Å². The van der Waals surface area contributed by atoms with Gasteiger partial charge in [-0.1, -0.05) is 53.2 Å². The highest BCUT2D eigenvalue weighted by Gasteiger charge is 2.41. The predicted molar refractivity (Wildman–Crippen MR) is 90.1 cm³/mol. The number of hydrogen-bond acceptors (Lipinski definition) is 3. The van der Waals surface area contributed by atoms with E-state index < -0.39 is 17.9 Å². The lowest BCUT2D eigenvalue weighted by Crippen LogP contribution is -2.33. The van der Waals surface area contributed by atoms with Crippen molar-refractivity contribution in [1.29, 1.82) is 0 Å². The minimum Gasteiger partial charge on any atom is -0.386 e. The highest BCUT2D eigenvalue weighted by molar-refractivity contribution is 6.15. The quantitative estimate of drug-likeness (QED) is 0.946. The smallest absolute Gasteiger partial charge is 0.230 e. The van der Waals surface area contributed by atoms with Crippen LogP contribution in [0.2, 0.25) is 0 Å². The molecule has 2 aromatic carbocycles. The van der Waals surface area contributed by atoms with Gasteiger partial charge in [0.25, 0.3) is 0 Å². The molecule has 4 heteroatoms. The molecule has 2 atom stereocenters. The summed E-state index contributed by atoms with van der Waals surface area (Å²) >= 11 is 0. The van der Waals surface area contributed by atoms with Crippen LogP contribution < -0.4 is 5.73 Å². The highest BCUT2D eigenvalue weighted by atomic mass is 16.6. The number of aryl methyl sites for hydroxylation is 3. The van der Waals surface area contributed by atoms with Gasteiger partial charge in [0.05, 0.1) is 0 Å². The van der Waals surface area contributed by atoms with Gasteiger partial charge in [-0.05, 0) is 37.5 Å². The van der Waals surface area contributed by atoms with E-state index >= 15 is 0 Å². The van der Waals surface area contributed by atoms with Crippen molar-refractivity contribution in [2.24, 2.45) is 16.8 Å². The first-order valence-electron chi connectivity index (χ1n) is 7.65. The van der Waals surface area contributed by atoms with Crippen molar-refractivity contribution in [1.82, 2.24) is 0 Å². The number of amides is 1. The van der Waals surface area contributed by atoms with Crippen LogP contribution in [-0.2, 0) is 9.63 Å². The summed E-state index contributed by atoms with van der Waals surface area (Å²) in [6, 6.07) is 13.8. The van der Waals surface area contributed by atoms with E-state index in [1.54, 1.807) is 0 Å². The first-order chi connectivity index (χ1) is 11.0. The zero-order valence-electron chi connectivity index (χ0n) is 13.5. The molecular formula is C19H20N2O2. The van der Waals surface area contributed by atoms with Gasteiger partial charge in [-0.25, -0.2) is 0 Å². The average molecular weight is 308 g/mol. The standard InChI is InChI=1S/C19H20N2O2/c1-11-9-12(2)15(13(3)10-11)17-16(19(20)22)18(23-21-17)14-7-5-4-6-8-14/h4-10,16,18H,1-3H3,(H2,20,22)/t16-,18+/m1/s1. The summed E-state index contributed by atoms with van der Waals surface area (Å²) in [6.07, 6.45) is -0.469. The van der Waals surface area contributed by atoms with E-state index in [0.717, 1.165) is 22.3 Å². The summed E-state index contributed by atoms with van der Waals surface area (Å²) < 4.78 is 0. The molecule has 23 heavy (non-hydrogen) atoms. The molecule has 0 aliphatic carbocycles. The molecular weight excluding hydrogens is 288 g/mol. The first kappa shape index (κ1) is 15.3. The maximum absolute atomic E-state index is 12.1. The molecule has 2 N–H and O–H groups in total. The fourth-order valence-electron chi connectivity index (χ4n) is 3.34. The molecule has 0 fully saturated rings. The number of oxime groups is 1. The van der Waals surface area contributed by atoms with Crippen molar-refractivity contribution in [3.05, 3.63) is 70.3 Å². The van der Waals surface area contributed by atoms with Gasteiger partial charge in [0.2, 0.25) is 5.91 Å². The molecule has 0 saturated heterocycles. The maximum Gasteiger partial charge on any atom is 0.230 e. The Balaban J connectivity index is 2.06. The second-order valence-corrected chi connectivity index (χ2v) is 6.07. The van der Waals surface area contributed by atoms with Gasteiger partial charge >= 0.3 is 0 Å². The Morgan fingerprint density at radius 3 is 2.26 bits per heavy atom. The summed E-state index contributed by atoms with van der Waals surface area (Å²) in [4.78, 5) is 17.7. The number of nitrogens with zero attached hydrogens (tertiary/aromatic N) is 1. The van der Waals surface area contributed by atoms with Gasteiger partial charge in [-0.3, -0.25) is 4.79 Å². The normalized spacial score (nSPS) is 20.0. The average Bonchev–Trinajstić information content (AvgIpc) is 2.92. The zero-order valence-corrected chi connectivity index (χ0v) is 13.5. The number of hydrogen-bond donors (Lipinski definition) is 1. The summed E-state index contributed by atoms with van der Waals surface area (Å²) in [5.74, 6) is -1.01. The third-order valence-electron chi connectivity index (χ3n) is 4.23. The van der Waals surface area contributed by atoms with Crippen LogP contribution in [0.15, 0.2) is 47.6 Å². The molecule has 0 aromatic heterocycles. The lowest BCUT2D eigenvalue weighted by atomic mass is 9.84. The third-order valence-corrected chi connectivity index (χ3v) is 4.23. The maximum atomic E-state index is 12.1. The highest BCUT2D eigenvalue weighted by Crippen LogP contribution is 2.36. The Morgan fingerprint density at radius 1 is 1.09 bits per heavy atom. The molecule has 1 aliphatic rings. The first-order valence-corrected chi connectivity index (χ1v) is 7.65. The molecule has 0 saturated carbocycles. The summed E-state index contributed by atoms with van der Waals surface area (Å²) in [5, 5.41) is 4.23.